The van der Waals surface area contributed by atoms with Crippen LogP contribution in [0.2, 0.25) is 0 Å². The van der Waals surface area contributed by atoms with Crippen molar-refractivity contribution < 1.29 is 19.4 Å². The predicted octanol–water partition coefficient (Wildman–Crippen LogP) is 2.57. The van der Waals surface area contributed by atoms with Gasteiger partial charge in [-0.2, -0.15) is 0 Å². The van der Waals surface area contributed by atoms with Gasteiger partial charge in [-0.3, -0.25) is 0 Å². The molecular weight excluding hydrogens is 246 g/mol. The fraction of sp³-hybridized carbons (Fsp3) is 0.714. The van der Waals surface area contributed by atoms with Crippen molar-refractivity contribution in [2.75, 3.05) is 0 Å². The van der Waals surface area contributed by atoms with Crippen molar-refractivity contribution in [1.29, 1.82) is 0 Å². The molecule has 0 aliphatic heterocycles. The second-order valence-corrected chi connectivity index (χ2v) is 5.99. The summed E-state index contributed by atoms with van der Waals surface area (Å²) in [6.07, 6.45) is 3.79. The van der Waals surface area contributed by atoms with E-state index >= 15 is 0 Å². The molecule has 0 saturated heterocycles. The molecule has 0 aromatic carbocycles. The van der Waals surface area contributed by atoms with Gasteiger partial charge in [-0.1, -0.05) is 6.08 Å². The number of allylic oxidation sites excluding steroid dienone is 1. The van der Waals surface area contributed by atoms with Crippen LogP contribution in [0.5, 0.6) is 0 Å². The minimum Gasteiger partial charge on any atom is -0.480 e. The van der Waals surface area contributed by atoms with E-state index < -0.39 is 23.7 Å². The number of alkyl carbamates (subject to hydrolysis) is 1. The number of hydrogen-bond acceptors (Lipinski definition) is 3. The molecule has 5 heteroatoms. The molecule has 1 rings (SSSR count). The van der Waals surface area contributed by atoms with Crippen molar-refractivity contribution in [3.8, 4) is 0 Å². The number of rotatable bonds is 6. The fourth-order valence-corrected chi connectivity index (χ4v) is 2.13. The number of carbonyl (C=O) groups is 2. The van der Waals surface area contributed by atoms with Gasteiger partial charge in [0.15, 0.2) is 0 Å². The van der Waals surface area contributed by atoms with Crippen molar-refractivity contribution in [1.82, 2.24) is 5.32 Å². The maximum absolute atomic E-state index is 11.6. The second-order valence-electron chi connectivity index (χ2n) is 5.99. The molecule has 1 amide bonds. The zero-order valence-electron chi connectivity index (χ0n) is 11.8. The molecule has 3 atom stereocenters. The fourth-order valence-electron chi connectivity index (χ4n) is 2.13. The van der Waals surface area contributed by atoms with Crippen LogP contribution in [0, 0.1) is 11.8 Å². The molecule has 1 saturated carbocycles. The number of carboxylic acids is 1. The molecule has 1 fully saturated rings. The van der Waals surface area contributed by atoms with E-state index in [-0.39, 0.29) is 5.92 Å². The number of nitrogens with one attached hydrogen (secondary N) is 1. The first kappa shape index (κ1) is 15.5. The molecule has 2 N–H and O–H groups in total. The summed E-state index contributed by atoms with van der Waals surface area (Å²) in [7, 11) is 0. The van der Waals surface area contributed by atoms with Crippen LogP contribution in [0.15, 0.2) is 12.7 Å². The zero-order valence-corrected chi connectivity index (χ0v) is 11.8. The first-order valence-corrected chi connectivity index (χ1v) is 6.58. The lowest BCUT2D eigenvalue weighted by Crippen LogP contribution is -2.45. The highest BCUT2D eigenvalue weighted by Gasteiger charge is 2.46. The molecular formula is C14H23NO4. The molecule has 0 radical (unpaired) electrons. The molecule has 2 unspecified atom stereocenters. The van der Waals surface area contributed by atoms with E-state index in [0.29, 0.717) is 5.92 Å². The molecule has 0 bridgehead atoms. The van der Waals surface area contributed by atoms with Crippen LogP contribution in [0.3, 0.4) is 0 Å². The molecule has 108 valence electrons. The van der Waals surface area contributed by atoms with E-state index in [1.807, 2.05) is 6.08 Å². The minimum atomic E-state index is -1.00. The van der Waals surface area contributed by atoms with Gasteiger partial charge in [-0.05, 0) is 51.9 Å². The Kier molecular flexibility index (Phi) is 4.97. The summed E-state index contributed by atoms with van der Waals surface area (Å²) in [5, 5.41) is 11.6. The van der Waals surface area contributed by atoms with Crippen LogP contribution in [0.1, 0.15) is 40.0 Å². The van der Waals surface area contributed by atoms with Crippen LogP contribution in [-0.4, -0.2) is 28.8 Å². The Labute approximate surface area is 114 Å². The monoisotopic (exact) mass is 269 g/mol. The number of carbonyl (C=O) groups excluding carboxylic acids is 1. The standard InChI is InChI=1S/C14H23NO4/c1-5-6-7-9-8-10(9)11(12(16)17)15-13(18)19-14(2,3)4/h5,9-11H,1,6-8H2,2-4H3,(H,15,18)(H,16,17)/t9-,10?,11?/m1/s1. The lowest BCUT2D eigenvalue weighted by molar-refractivity contribution is -0.140. The molecule has 0 heterocycles. The Morgan fingerprint density at radius 2 is 2.16 bits per heavy atom. The molecule has 0 aromatic heterocycles. The van der Waals surface area contributed by atoms with Gasteiger partial charge in [-0.25, -0.2) is 9.59 Å². The summed E-state index contributed by atoms with van der Waals surface area (Å²) in [5.74, 6) is -0.643. The van der Waals surface area contributed by atoms with Crippen LogP contribution >= 0.6 is 0 Å². The Balaban J connectivity index is 2.49. The number of carboxylic acid groups (broad SMARTS) is 1. The summed E-state index contributed by atoms with van der Waals surface area (Å²) in [6, 6.07) is -0.857. The third-order valence-corrected chi connectivity index (χ3v) is 3.09. The van der Waals surface area contributed by atoms with Gasteiger partial charge in [0.1, 0.15) is 11.6 Å². The average Bonchev–Trinajstić information content (AvgIpc) is 2.99. The summed E-state index contributed by atoms with van der Waals surface area (Å²) in [5.41, 5.74) is -0.626. The lowest BCUT2D eigenvalue weighted by atomic mass is 10.1. The van der Waals surface area contributed by atoms with Gasteiger partial charge in [0.05, 0.1) is 0 Å². The van der Waals surface area contributed by atoms with Crippen molar-refractivity contribution in [3.63, 3.8) is 0 Å². The van der Waals surface area contributed by atoms with Crippen molar-refractivity contribution in [2.24, 2.45) is 11.8 Å². The van der Waals surface area contributed by atoms with E-state index in [9.17, 15) is 14.7 Å². The summed E-state index contributed by atoms with van der Waals surface area (Å²) >= 11 is 0. The number of ether oxygens (including phenoxy) is 1. The van der Waals surface area contributed by atoms with Crippen molar-refractivity contribution in [3.05, 3.63) is 12.7 Å². The third-order valence-electron chi connectivity index (χ3n) is 3.09. The van der Waals surface area contributed by atoms with Gasteiger partial charge in [0.2, 0.25) is 0 Å². The van der Waals surface area contributed by atoms with Crippen molar-refractivity contribution >= 4 is 12.1 Å². The first-order valence-electron chi connectivity index (χ1n) is 6.58. The average molecular weight is 269 g/mol. The topological polar surface area (TPSA) is 75.6 Å². The van der Waals surface area contributed by atoms with Crippen LogP contribution in [0.4, 0.5) is 4.79 Å². The first-order chi connectivity index (χ1) is 8.74. The van der Waals surface area contributed by atoms with E-state index in [4.69, 9.17) is 4.74 Å². The van der Waals surface area contributed by atoms with Gasteiger partial charge >= 0.3 is 12.1 Å². The van der Waals surface area contributed by atoms with E-state index in [1.54, 1.807) is 20.8 Å². The van der Waals surface area contributed by atoms with Gasteiger partial charge in [0.25, 0.3) is 0 Å². The summed E-state index contributed by atoms with van der Waals surface area (Å²) in [6.45, 7) is 8.88. The van der Waals surface area contributed by atoms with E-state index in [0.717, 1.165) is 19.3 Å². The Hall–Kier alpha value is -1.52. The highest BCUT2D eigenvalue weighted by molar-refractivity contribution is 5.80. The molecule has 19 heavy (non-hydrogen) atoms. The predicted molar refractivity (Wildman–Crippen MR) is 71.8 cm³/mol. The number of aliphatic carboxylic acids is 1. The maximum Gasteiger partial charge on any atom is 0.408 e. The largest absolute Gasteiger partial charge is 0.480 e. The van der Waals surface area contributed by atoms with E-state index in [2.05, 4.69) is 11.9 Å². The van der Waals surface area contributed by atoms with Crippen molar-refractivity contribution in [2.45, 2.75) is 51.7 Å². The van der Waals surface area contributed by atoms with Crippen LogP contribution in [0.25, 0.3) is 0 Å². The minimum absolute atomic E-state index is 0.00460. The maximum atomic E-state index is 11.6. The molecule has 5 nitrogen and oxygen atoms in total. The molecule has 1 aliphatic rings. The highest BCUT2D eigenvalue weighted by Crippen LogP contribution is 2.44. The lowest BCUT2D eigenvalue weighted by Gasteiger charge is -2.22. The third kappa shape index (κ3) is 5.32. The number of amides is 1. The quantitative estimate of drug-likeness (QED) is 0.727. The van der Waals surface area contributed by atoms with Crippen LogP contribution < -0.4 is 5.32 Å². The number of hydrogen-bond donors (Lipinski definition) is 2. The Bertz CT molecular complexity index is 359. The second kappa shape index (κ2) is 6.08. The summed E-state index contributed by atoms with van der Waals surface area (Å²) < 4.78 is 5.08. The van der Waals surface area contributed by atoms with Gasteiger partial charge < -0.3 is 15.2 Å². The van der Waals surface area contributed by atoms with Gasteiger partial charge in [-0.15, -0.1) is 6.58 Å². The summed E-state index contributed by atoms with van der Waals surface area (Å²) in [4.78, 5) is 22.8. The SMILES string of the molecule is C=CCC[C@@H]1CC1C(NC(=O)OC(C)(C)C)C(=O)O. The normalized spacial score (nSPS) is 23.3. The zero-order chi connectivity index (χ0) is 14.6. The highest BCUT2D eigenvalue weighted by atomic mass is 16.6. The molecule has 0 spiro atoms. The Morgan fingerprint density at radius 1 is 1.53 bits per heavy atom. The van der Waals surface area contributed by atoms with Gasteiger partial charge in [0, 0.05) is 0 Å². The van der Waals surface area contributed by atoms with E-state index in [1.165, 1.54) is 0 Å². The molecule has 1 aliphatic carbocycles. The smallest absolute Gasteiger partial charge is 0.408 e. The Morgan fingerprint density at radius 3 is 2.63 bits per heavy atom. The van der Waals surface area contributed by atoms with Crippen LogP contribution in [-0.2, 0) is 9.53 Å². The molecule has 0 aromatic rings.